The Morgan fingerprint density at radius 1 is 1.09 bits per heavy atom. The summed E-state index contributed by atoms with van der Waals surface area (Å²) >= 11 is 1.40. The molecule has 0 bridgehead atoms. The Kier molecular flexibility index (Phi) is 7.39. The number of piperazine rings is 1. The Bertz CT molecular complexity index is 1330. The molecule has 2 aromatic carbocycles. The molecule has 1 fully saturated rings. The highest BCUT2D eigenvalue weighted by molar-refractivity contribution is 7.89. The van der Waals surface area contributed by atoms with Gasteiger partial charge < -0.3 is 9.64 Å². The van der Waals surface area contributed by atoms with Crippen LogP contribution in [0.15, 0.2) is 47.4 Å². The molecule has 2 heterocycles. The van der Waals surface area contributed by atoms with Gasteiger partial charge in [-0.1, -0.05) is 37.3 Å². The van der Waals surface area contributed by atoms with E-state index in [1.807, 2.05) is 18.2 Å². The Balaban J connectivity index is 1.43. The second-order valence-electron chi connectivity index (χ2n) is 8.44. The highest BCUT2D eigenvalue weighted by Crippen LogP contribution is 2.32. The third-order valence-electron chi connectivity index (χ3n) is 5.81. The zero-order valence-corrected chi connectivity index (χ0v) is 21.5. The van der Waals surface area contributed by atoms with Crippen LogP contribution in [-0.2, 0) is 14.8 Å². The number of nitrogens with zero attached hydrogens (tertiary/aromatic N) is 3. The monoisotopic (exact) mass is 516 g/mol. The first-order valence-electron chi connectivity index (χ1n) is 11.4. The predicted molar refractivity (Wildman–Crippen MR) is 135 cm³/mol. The number of amides is 2. The molecule has 9 nitrogen and oxygen atoms in total. The number of benzene rings is 2. The first-order valence-corrected chi connectivity index (χ1v) is 13.7. The van der Waals surface area contributed by atoms with Crippen LogP contribution in [0, 0.1) is 0 Å². The molecule has 0 unspecified atom stereocenters. The summed E-state index contributed by atoms with van der Waals surface area (Å²) in [6.07, 6.45) is -0.437. The quantitative estimate of drug-likeness (QED) is 0.528. The molecule has 0 radical (unpaired) electrons. The minimum Gasteiger partial charge on any atom is -0.450 e. The number of fused-ring (bicyclic) bond motifs is 1. The molecule has 0 aliphatic carbocycles. The lowest BCUT2D eigenvalue weighted by molar-refractivity contribution is 0.0933. The highest BCUT2D eigenvalue weighted by atomic mass is 32.2. The van der Waals surface area contributed by atoms with Crippen LogP contribution in [0.3, 0.4) is 0 Å². The number of para-hydroxylation sites is 1. The number of hydrogen-bond donors (Lipinski definition) is 1. The van der Waals surface area contributed by atoms with Crippen molar-refractivity contribution < 1.29 is 22.7 Å². The number of sulfonamides is 1. The third-order valence-corrected chi connectivity index (χ3v) is 8.66. The maximum atomic E-state index is 13.0. The van der Waals surface area contributed by atoms with Crippen LogP contribution in [0.4, 0.5) is 9.93 Å². The van der Waals surface area contributed by atoms with Crippen molar-refractivity contribution in [3.63, 3.8) is 0 Å². The SMILES string of the molecule is CCOC(=O)N1CCN(S(=O)(=O)c2ccc(C(=O)Nc3nc4c(C(C)C)cccc4s3)cc2)CC1. The largest absolute Gasteiger partial charge is 0.450 e. The van der Waals surface area contributed by atoms with Crippen molar-refractivity contribution in [3.05, 3.63) is 53.6 Å². The summed E-state index contributed by atoms with van der Waals surface area (Å²) in [5, 5.41) is 3.32. The summed E-state index contributed by atoms with van der Waals surface area (Å²) in [5.74, 6) is -0.0471. The van der Waals surface area contributed by atoms with Gasteiger partial charge in [-0.15, -0.1) is 0 Å². The number of anilines is 1. The zero-order chi connectivity index (χ0) is 25.2. The molecule has 1 N–H and O–H groups in total. The fraction of sp³-hybridized carbons (Fsp3) is 0.375. The number of nitrogens with one attached hydrogen (secondary N) is 1. The maximum absolute atomic E-state index is 13.0. The van der Waals surface area contributed by atoms with E-state index in [0.717, 1.165) is 15.8 Å². The van der Waals surface area contributed by atoms with E-state index >= 15 is 0 Å². The van der Waals surface area contributed by atoms with Gasteiger partial charge in [-0.3, -0.25) is 10.1 Å². The van der Waals surface area contributed by atoms with Crippen LogP contribution in [0.1, 0.15) is 42.6 Å². The summed E-state index contributed by atoms with van der Waals surface area (Å²) in [5.41, 5.74) is 2.34. The van der Waals surface area contributed by atoms with E-state index in [1.165, 1.54) is 44.8 Å². The van der Waals surface area contributed by atoms with Gasteiger partial charge in [0, 0.05) is 31.7 Å². The van der Waals surface area contributed by atoms with Gasteiger partial charge in [0.25, 0.3) is 5.91 Å². The molecule has 0 saturated carbocycles. The molecule has 1 saturated heterocycles. The molecular formula is C24H28N4O5S2. The van der Waals surface area contributed by atoms with Crippen LogP contribution < -0.4 is 5.32 Å². The van der Waals surface area contributed by atoms with Crippen molar-refractivity contribution in [2.45, 2.75) is 31.6 Å². The van der Waals surface area contributed by atoms with Crippen LogP contribution >= 0.6 is 11.3 Å². The van der Waals surface area contributed by atoms with Gasteiger partial charge in [0.05, 0.1) is 21.7 Å². The van der Waals surface area contributed by atoms with Crippen molar-refractivity contribution in [1.29, 1.82) is 0 Å². The molecule has 2 amide bonds. The summed E-state index contributed by atoms with van der Waals surface area (Å²) in [4.78, 5) is 30.8. The minimum atomic E-state index is -3.74. The van der Waals surface area contributed by atoms with Crippen molar-refractivity contribution in [2.24, 2.45) is 0 Å². The van der Waals surface area contributed by atoms with E-state index in [-0.39, 0.29) is 43.6 Å². The highest BCUT2D eigenvalue weighted by Gasteiger charge is 2.30. The van der Waals surface area contributed by atoms with Crippen LogP contribution in [0.25, 0.3) is 10.2 Å². The fourth-order valence-corrected chi connectivity index (χ4v) is 6.23. The number of carbonyl (C=O) groups is 2. The Morgan fingerprint density at radius 2 is 1.77 bits per heavy atom. The lowest BCUT2D eigenvalue weighted by atomic mass is 10.0. The molecule has 1 aliphatic heterocycles. The summed E-state index contributed by atoms with van der Waals surface area (Å²) in [6, 6.07) is 11.8. The molecule has 35 heavy (non-hydrogen) atoms. The van der Waals surface area contributed by atoms with E-state index in [4.69, 9.17) is 4.74 Å². The number of hydrogen-bond acceptors (Lipinski definition) is 7. The van der Waals surface area contributed by atoms with Gasteiger partial charge >= 0.3 is 6.09 Å². The first kappa shape index (κ1) is 25.1. The number of carbonyl (C=O) groups excluding carboxylic acids is 2. The lowest BCUT2D eigenvalue weighted by Crippen LogP contribution is -2.50. The van der Waals surface area contributed by atoms with Crippen LogP contribution in [-0.4, -0.2) is 67.4 Å². The standard InChI is InChI=1S/C24H28N4O5S2/c1-4-33-24(30)27-12-14-28(15-13-27)35(31,32)18-10-8-17(9-11-18)22(29)26-23-25-21-19(16(2)3)6-5-7-20(21)34-23/h5-11,16H,4,12-15H2,1-3H3,(H,25,26,29). The smallest absolute Gasteiger partial charge is 0.409 e. The number of thiazole rings is 1. The molecule has 11 heteroatoms. The molecule has 4 rings (SSSR count). The summed E-state index contributed by atoms with van der Waals surface area (Å²) in [7, 11) is -3.74. The van der Waals surface area contributed by atoms with Crippen molar-refractivity contribution >= 4 is 48.7 Å². The Morgan fingerprint density at radius 3 is 2.40 bits per heavy atom. The second-order valence-corrected chi connectivity index (χ2v) is 11.4. The van der Waals surface area contributed by atoms with Crippen molar-refractivity contribution in [2.75, 3.05) is 38.1 Å². The zero-order valence-electron chi connectivity index (χ0n) is 19.9. The topological polar surface area (TPSA) is 109 Å². The molecule has 0 spiro atoms. The Labute approximate surface area is 208 Å². The minimum absolute atomic E-state index is 0.0974. The van der Waals surface area contributed by atoms with Gasteiger partial charge in [-0.25, -0.2) is 18.2 Å². The molecule has 1 aromatic heterocycles. The Hall–Kier alpha value is -3.02. The number of rotatable bonds is 6. The average molecular weight is 517 g/mol. The molecular weight excluding hydrogens is 488 g/mol. The average Bonchev–Trinajstić information content (AvgIpc) is 3.26. The van der Waals surface area contributed by atoms with E-state index in [9.17, 15) is 18.0 Å². The van der Waals surface area contributed by atoms with Crippen molar-refractivity contribution in [3.8, 4) is 0 Å². The fourth-order valence-electron chi connectivity index (χ4n) is 3.91. The van der Waals surface area contributed by atoms with Gasteiger partial charge in [-0.05, 0) is 48.7 Å². The summed E-state index contributed by atoms with van der Waals surface area (Å²) in [6.45, 7) is 7.08. The third kappa shape index (κ3) is 5.31. The van der Waals surface area contributed by atoms with Gasteiger partial charge in [0.1, 0.15) is 0 Å². The van der Waals surface area contributed by atoms with Crippen molar-refractivity contribution in [1.82, 2.24) is 14.2 Å². The van der Waals surface area contributed by atoms with E-state index in [2.05, 4.69) is 24.1 Å². The van der Waals surface area contributed by atoms with E-state index in [1.54, 1.807) is 6.92 Å². The lowest BCUT2D eigenvalue weighted by Gasteiger charge is -2.33. The van der Waals surface area contributed by atoms with Gasteiger partial charge in [0.15, 0.2) is 5.13 Å². The van der Waals surface area contributed by atoms with Gasteiger partial charge in [-0.2, -0.15) is 4.31 Å². The molecule has 186 valence electrons. The van der Waals surface area contributed by atoms with Crippen LogP contribution in [0.2, 0.25) is 0 Å². The van der Waals surface area contributed by atoms with Gasteiger partial charge in [0.2, 0.25) is 10.0 Å². The van der Waals surface area contributed by atoms with Crippen LogP contribution in [0.5, 0.6) is 0 Å². The second kappa shape index (κ2) is 10.3. The molecule has 3 aromatic rings. The maximum Gasteiger partial charge on any atom is 0.409 e. The predicted octanol–water partition coefficient (Wildman–Crippen LogP) is 4.13. The number of ether oxygens (including phenoxy) is 1. The molecule has 0 atom stereocenters. The summed E-state index contributed by atoms with van der Waals surface area (Å²) < 4.78 is 33.4. The van der Waals surface area contributed by atoms with E-state index in [0.29, 0.717) is 16.6 Å². The number of aromatic nitrogens is 1. The normalized spacial score (nSPS) is 14.9. The molecule has 1 aliphatic rings. The van der Waals surface area contributed by atoms with E-state index < -0.39 is 16.1 Å². The first-order chi connectivity index (χ1) is 16.7.